The zero-order valence-electron chi connectivity index (χ0n) is 29.7. The molecule has 2 unspecified atom stereocenters. The first-order valence-corrected chi connectivity index (χ1v) is 21.3. The SMILES string of the molecule is CCCC(C)(COC(=O)C(=NOS(=O)(=O)Cc1ccccc1)SCCC(=O)OC)COC(=O)C(NOS(=O)(=O)Cc1ccccc1)SCCC(=O)OC. The summed E-state index contributed by atoms with van der Waals surface area (Å²) in [5.41, 5.74) is 2.12. The van der Waals surface area contributed by atoms with E-state index in [2.05, 4.69) is 20.1 Å². The van der Waals surface area contributed by atoms with Crippen LogP contribution in [0, 0.1) is 5.41 Å². The molecule has 2 aromatic rings. The van der Waals surface area contributed by atoms with Crippen LogP contribution >= 0.6 is 23.5 Å². The molecule has 0 saturated heterocycles. The van der Waals surface area contributed by atoms with Gasteiger partial charge in [0, 0.05) is 16.9 Å². The van der Waals surface area contributed by atoms with Crippen LogP contribution in [0.4, 0.5) is 0 Å². The number of rotatable bonds is 23. The highest BCUT2D eigenvalue weighted by Crippen LogP contribution is 2.26. The van der Waals surface area contributed by atoms with Crippen molar-refractivity contribution in [2.75, 3.05) is 38.9 Å². The summed E-state index contributed by atoms with van der Waals surface area (Å²) in [5, 5.41) is 1.67. The van der Waals surface area contributed by atoms with Gasteiger partial charge < -0.3 is 18.9 Å². The molecular weight excluding hydrogens is 777 g/mol. The second-order valence-electron chi connectivity index (χ2n) is 11.5. The molecule has 0 aliphatic carbocycles. The van der Waals surface area contributed by atoms with Gasteiger partial charge in [-0.1, -0.05) is 97.8 Å². The summed E-state index contributed by atoms with van der Waals surface area (Å²) in [6.07, 6.45) is 0.730. The topological polar surface area (TPSA) is 216 Å². The lowest BCUT2D eigenvalue weighted by molar-refractivity contribution is -0.152. The van der Waals surface area contributed by atoms with Crippen molar-refractivity contribution in [1.29, 1.82) is 0 Å². The summed E-state index contributed by atoms with van der Waals surface area (Å²) in [7, 11) is -6.07. The van der Waals surface area contributed by atoms with E-state index in [1.165, 1.54) is 14.2 Å². The number of nitrogens with zero attached hydrogens (tertiary/aromatic N) is 1. The summed E-state index contributed by atoms with van der Waals surface area (Å²) in [4.78, 5) is 49.7. The van der Waals surface area contributed by atoms with Crippen molar-refractivity contribution in [2.45, 2.75) is 56.4 Å². The molecule has 2 atom stereocenters. The van der Waals surface area contributed by atoms with Gasteiger partial charge >= 0.3 is 34.0 Å². The van der Waals surface area contributed by atoms with Crippen molar-refractivity contribution < 1.29 is 63.5 Å². The number of esters is 4. The average molecular weight is 821 g/mol. The van der Waals surface area contributed by atoms with E-state index < -0.39 is 71.5 Å². The van der Waals surface area contributed by atoms with Crippen LogP contribution in [-0.2, 0) is 78.4 Å². The third-order valence-corrected chi connectivity index (χ3v) is 10.8. The van der Waals surface area contributed by atoms with Crippen molar-refractivity contribution in [1.82, 2.24) is 5.48 Å². The lowest BCUT2D eigenvalue weighted by Gasteiger charge is -2.29. The van der Waals surface area contributed by atoms with Crippen molar-refractivity contribution in [3.05, 3.63) is 71.8 Å². The molecule has 1 N–H and O–H groups in total. The van der Waals surface area contributed by atoms with Gasteiger partial charge in [-0.2, -0.15) is 26.6 Å². The van der Waals surface area contributed by atoms with Crippen molar-refractivity contribution in [3.63, 3.8) is 0 Å². The van der Waals surface area contributed by atoms with Gasteiger partial charge in [0.15, 0.2) is 5.37 Å². The first kappa shape index (κ1) is 45.5. The quantitative estimate of drug-likeness (QED) is 0.0422. The zero-order chi connectivity index (χ0) is 39.3. The summed E-state index contributed by atoms with van der Waals surface area (Å²) in [6, 6.07) is 16.4. The fraction of sp³-hybridized carbons (Fsp3) is 0.485. The van der Waals surface area contributed by atoms with Crippen LogP contribution in [0.3, 0.4) is 0 Å². The van der Waals surface area contributed by atoms with Gasteiger partial charge in [-0.15, -0.1) is 11.8 Å². The molecule has 0 spiro atoms. The number of carbonyl (C=O) groups is 4. The van der Waals surface area contributed by atoms with Crippen LogP contribution in [0.25, 0.3) is 0 Å². The van der Waals surface area contributed by atoms with Crippen LogP contribution in [0.15, 0.2) is 65.8 Å². The maximum absolute atomic E-state index is 13.2. The minimum Gasteiger partial charge on any atom is -0.469 e. The van der Waals surface area contributed by atoms with Crippen LogP contribution in [0.5, 0.6) is 0 Å². The smallest absolute Gasteiger partial charge is 0.367 e. The van der Waals surface area contributed by atoms with Crippen molar-refractivity contribution in [3.8, 4) is 0 Å². The van der Waals surface area contributed by atoms with E-state index in [0.29, 0.717) is 24.0 Å². The minimum atomic E-state index is -4.27. The highest BCUT2D eigenvalue weighted by molar-refractivity contribution is 8.15. The van der Waals surface area contributed by atoms with E-state index in [-0.39, 0.29) is 37.6 Å². The molecule has 294 valence electrons. The Bertz CT molecular complexity index is 1730. The van der Waals surface area contributed by atoms with Crippen molar-refractivity contribution >= 4 is 72.7 Å². The Balaban J connectivity index is 2.14. The number of hydroxylamine groups is 1. The first-order valence-electron chi connectivity index (χ1n) is 16.1. The molecule has 0 bridgehead atoms. The number of ether oxygens (including phenoxy) is 4. The Morgan fingerprint density at radius 3 is 1.87 bits per heavy atom. The van der Waals surface area contributed by atoms with Crippen LogP contribution in [0.1, 0.15) is 50.7 Å². The van der Waals surface area contributed by atoms with Crippen LogP contribution in [-0.4, -0.2) is 90.1 Å². The van der Waals surface area contributed by atoms with Crippen LogP contribution < -0.4 is 5.48 Å². The maximum atomic E-state index is 13.2. The number of methoxy groups -OCH3 is 2. The average Bonchev–Trinajstić information content (AvgIpc) is 3.12. The number of carbonyl (C=O) groups excluding carboxylic acids is 4. The molecular formula is C33H44N2O14S4. The molecule has 0 aliphatic rings. The minimum absolute atomic E-state index is 0.0162. The fourth-order valence-corrected chi connectivity index (χ4v) is 7.62. The molecule has 0 heterocycles. The molecule has 0 saturated carbocycles. The van der Waals surface area contributed by atoms with E-state index in [4.69, 9.17) is 18.0 Å². The summed E-state index contributed by atoms with van der Waals surface area (Å²) < 4.78 is 80.3. The van der Waals surface area contributed by atoms with Crippen molar-refractivity contribution in [2.24, 2.45) is 10.6 Å². The Morgan fingerprint density at radius 2 is 1.32 bits per heavy atom. The number of thioether (sulfide) groups is 2. The van der Waals surface area contributed by atoms with Gasteiger partial charge in [-0.05, 0) is 17.5 Å². The summed E-state index contributed by atoms with van der Waals surface area (Å²) >= 11 is 1.57. The molecule has 0 amide bonds. The molecule has 2 aromatic carbocycles. The molecule has 0 radical (unpaired) electrons. The predicted molar refractivity (Wildman–Crippen MR) is 198 cm³/mol. The largest absolute Gasteiger partial charge is 0.469 e. The molecule has 0 aliphatic heterocycles. The van der Waals surface area contributed by atoms with E-state index in [0.717, 1.165) is 23.5 Å². The number of oxime groups is 1. The summed E-state index contributed by atoms with van der Waals surface area (Å²) in [5.74, 6) is -4.08. The second-order valence-corrected chi connectivity index (χ2v) is 17.0. The van der Waals surface area contributed by atoms with Crippen LogP contribution in [0.2, 0.25) is 0 Å². The highest BCUT2D eigenvalue weighted by atomic mass is 32.2. The molecule has 0 aromatic heterocycles. The number of hydrogen-bond donors (Lipinski definition) is 1. The summed E-state index contributed by atoms with van der Waals surface area (Å²) in [6.45, 7) is 2.90. The van der Waals surface area contributed by atoms with Gasteiger partial charge in [0.1, 0.15) is 18.1 Å². The number of nitrogens with one attached hydrogen (secondary N) is 1. The van der Waals surface area contributed by atoms with E-state index >= 15 is 0 Å². The third kappa shape index (κ3) is 18.8. The highest BCUT2D eigenvalue weighted by Gasteiger charge is 2.32. The van der Waals surface area contributed by atoms with Gasteiger partial charge in [0.05, 0.1) is 33.7 Å². The number of benzene rings is 2. The Morgan fingerprint density at radius 1 is 0.792 bits per heavy atom. The molecule has 16 nitrogen and oxygen atoms in total. The Kier molecular flexibility index (Phi) is 19.9. The standard InChI is InChI=1S/C33H44N2O14S4/c1-5-18-33(2,23-46-31(38)29(50-19-16-27(36)44-3)34-48-52(40,41)21-25-12-8-6-9-13-25)24-47-32(39)30(51-20-17-28(37)45-4)35-49-53(42,43)22-26-14-10-7-11-15-26/h6-15,29,34H,5,16-24H2,1-4H3. The maximum Gasteiger partial charge on any atom is 0.367 e. The molecule has 20 heteroatoms. The predicted octanol–water partition coefficient (Wildman–Crippen LogP) is 3.71. The Hall–Kier alpha value is -3.69. The molecule has 0 fully saturated rings. The first-order chi connectivity index (χ1) is 25.1. The lowest BCUT2D eigenvalue weighted by atomic mass is 9.87. The van der Waals surface area contributed by atoms with E-state index in [9.17, 15) is 36.0 Å². The molecule has 53 heavy (non-hydrogen) atoms. The van der Waals surface area contributed by atoms with E-state index in [1.54, 1.807) is 67.6 Å². The second kappa shape index (κ2) is 23.2. The Labute approximate surface area is 318 Å². The number of hydrogen-bond acceptors (Lipinski definition) is 18. The zero-order valence-corrected chi connectivity index (χ0v) is 33.0. The fourth-order valence-electron chi connectivity index (χ4n) is 4.20. The normalized spacial score (nSPS) is 13.6. The monoisotopic (exact) mass is 820 g/mol. The van der Waals surface area contributed by atoms with Gasteiger partial charge in [0.2, 0.25) is 5.04 Å². The van der Waals surface area contributed by atoms with Gasteiger partial charge in [0.25, 0.3) is 10.1 Å². The van der Waals surface area contributed by atoms with E-state index in [1.807, 2.05) is 6.92 Å². The lowest BCUT2D eigenvalue weighted by Crippen LogP contribution is -2.40. The van der Waals surface area contributed by atoms with Gasteiger partial charge in [-0.25, -0.2) is 9.59 Å². The van der Waals surface area contributed by atoms with Gasteiger partial charge in [-0.3, -0.25) is 13.9 Å². The third-order valence-electron chi connectivity index (χ3n) is 6.84. The molecule has 2 rings (SSSR count).